The lowest BCUT2D eigenvalue weighted by atomic mass is 9.92. The lowest BCUT2D eigenvalue weighted by Gasteiger charge is -2.17. The SMILES string of the molecule is CC(C)(C)[CH]Cn1cnc(Cc2ccccc2)c1. The van der Waals surface area contributed by atoms with Crippen molar-refractivity contribution in [3.8, 4) is 0 Å². The van der Waals surface area contributed by atoms with Crippen LogP contribution >= 0.6 is 0 Å². The Kier molecular flexibility index (Phi) is 3.85. The molecule has 18 heavy (non-hydrogen) atoms. The Bertz CT molecular complexity index is 477. The fourth-order valence-corrected chi connectivity index (χ4v) is 1.78. The van der Waals surface area contributed by atoms with Crippen LogP contribution in [0.5, 0.6) is 0 Å². The molecule has 2 rings (SSSR count). The molecule has 2 heteroatoms. The molecule has 1 aromatic carbocycles. The highest BCUT2D eigenvalue weighted by atomic mass is 15.0. The Labute approximate surface area is 110 Å². The largest absolute Gasteiger partial charge is 0.337 e. The minimum absolute atomic E-state index is 0.254. The van der Waals surface area contributed by atoms with Gasteiger partial charge in [-0.25, -0.2) is 4.98 Å². The van der Waals surface area contributed by atoms with Crippen LogP contribution in [0.4, 0.5) is 0 Å². The maximum absolute atomic E-state index is 4.46. The molecule has 95 valence electrons. The highest BCUT2D eigenvalue weighted by molar-refractivity contribution is 5.20. The van der Waals surface area contributed by atoms with Crippen LogP contribution < -0.4 is 0 Å². The predicted octanol–water partition coefficient (Wildman–Crippen LogP) is 3.72. The molecule has 0 spiro atoms. The molecule has 0 aliphatic rings. The van der Waals surface area contributed by atoms with Gasteiger partial charge < -0.3 is 4.57 Å². The summed E-state index contributed by atoms with van der Waals surface area (Å²) in [6.07, 6.45) is 7.26. The molecule has 0 unspecified atom stereocenters. The first-order valence-electron chi connectivity index (χ1n) is 6.42. The van der Waals surface area contributed by atoms with Crippen molar-refractivity contribution in [3.05, 3.63) is 60.5 Å². The minimum atomic E-state index is 0.254. The predicted molar refractivity (Wildman–Crippen MR) is 75.2 cm³/mol. The average Bonchev–Trinajstić information content (AvgIpc) is 2.75. The van der Waals surface area contributed by atoms with Crippen LogP contribution in [0, 0.1) is 11.8 Å². The molecule has 0 aliphatic carbocycles. The van der Waals surface area contributed by atoms with Gasteiger partial charge in [0.05, 0.1) is 12.0 Å². The molecule has 2 nitrogen and oxygen atoms in total. The topological polar surface area (TPSA) is 17.8 Å². The van der Waals surface area contributed by atoms with Gasteiger partial charge in [0, 0.05) is 19.2 Å². The zero-order valence-corrected chi connectivity index (χ0v) is 11.4. The van der Waals surface area contributed by atoms with Crippen LogP contribution in [0.2, 0.25) is 0 Å². The van der Waals surface area contributed by atoms with Crippen molar-refractivity contribution in [2.75, 3.05) is 0 Å². The van der Waals surface area contributed by atoms with Crippen molar-refractivity contribution >= 4 is 0 Å². The standard InChI is InChI=1S/C16H21N2/c1-16(2,3)9-10-18-12-15(17-13-18)11-14-7-5-4-6-8-14/h4-9,12-13H,10-11H2,1-3H3. The number of aromatic nitrogens is 2. The average molecular weight is 241 g/mol. The van der Waals surface area contributed by atoms with Gasteiger partial charge in [0.25, 0.3) is 0 Å². The monoisotopic (exact) mass is 241 g/mol. The maximum atomic E-state index is 4.46. The zero-order chi connectivity index (χ0) is 13.0. The smallest absolute Gasteiger partial charge is 0.0949 e. The molecule has 0 atom stereocenters. The Morgan fingerprint density at radius 1 is 1.17 bits per heavy atom. The molecule has 0 saturated heterocycles. The zero-order valence-electron chi connectivity index (χ0n) is 11.4. The number of benzene rings is 1. The summed E-state index contributed by atoms with van der Waals surface area (Å²) in [5.41, 5.74) is 2.69. The van der Waals surface area contributed by atoms with E-state index in [0.29, 0.717) is 0 Å². The van der Waals surface area contributed by atoms with Gasteiger partial charge >= 0.3 is 0 Å². The van der Waals surface area contributed by atoms with Gasteiger partial charge in [0.2, 0.25) is 0 Å². The number of imidazole rings is 1. The molecular formula is C16H21N2. The van der Waals surface area contributed by atoms with E-state index in [9.17, 15) is 0 Å². The normalized spacial score (nSPS) is 11.7. The van der Waals surface area contributed by atoms with E-state index in [-0.39, 0.29) is 5.41 Å². The fraction of sp³-hybridized carbons (Fsp3) is 0.375. The van der Waals surface area contributed by atoms with Crippen LogP contribution in [-0.4, -0.2) is 9.55 Å². The van der Waals surface area contributed by atoms with Crippen LogP contribution in [0.1, 0.15) is 32.0 Å². The van der Waals surface area contributed by atoms with E-state index < -0.39 is 0 Å². The molecule has 2 aromatic rings. The molecule has 0 saturated carbocycles. The van der Waals surface area contributed by atoms with Crippen molar-refractivity contribution in [1.29, 1.82) is 0 Å². The van der Waals surface area contributed by atoms with Crippen LogP contribution in [-0.2, 0) is 13.0 Å². The maximum Gasteiger partial charge on any atom is 0.0949 e. The summed E-state index contributed by atoms with van der Waals surface area (Å²) in [5, 5.41) is 0. The van der Waals surface area contributed by atoms with Crippen LogP contribution in [0.25, 0.3) is 0 Å². The Morgan fingerprint density at radius 2 is 1.89 bits per heavy atom. The number of rotatable bonds is 4. The van der Waals surface area contributed by atoms with E-state index in [4.69, 9.17) is 0 Å². The highest BCUT2D eigenvalue weighted by Gasteiger charge is 2.10. The van der Waals surface area contributed by atoms with E-state index in [1.165, 1.54) is 5.56 Å². The molecule has 0 fully saturated rings. The summed E-state index contributed by atoms with van der Waals surface area (Å²) < 4.78 is 2.14. The van der Waals surface area contributed by atoms with Crippen molar-refractivity contribution in [2.24, 2.45) is 5.41 Å². The molecule has 0 N–H and O–H groups in total. The first kappa shape index (κ1) is 12.9. The number of nitrogens with zero attached hydrogens (tertiary/aromatic N) is 2. The summed E-state index contributed by atoms with van der Waals surface area (Å²) in [5.74, 6) is 0. The second-order valence-corrected chi connectivity index (χ2v) is 5.79. The molecule has 1 heterocycles. The van der Waals surface area contributed by atoms with E-state index in [1.54, 1.807) is 0 Å². The van der Waals surface area contributed by atoms with Gasteiger partial charge in [-0.1, -0.05) is 51.1 Å². The molecular weight excluding hydrogens is 220 g/mol. The highest BCUT2D eigenvalue weighted by Crippen LogP contribution is 2.18. The van der Waals surface area contributed by atoms with Crippen molar-refractivity contribution < 1.29 is 0 Å². The van der Waals surface area contributed by atoms with Crippen molar-refractivity contribution in [1.82, 2.24) is 9.55 Å². The minimum Gasteiger partial charge on any atom is -0.337 e. The second-order valence-electron chi connectivity index (χ2n) is 5.79. The second kappa shape index (κ2) is 5.38. The number of hydrogen-bond acceptors (Lipinski definition) is 1. The summed E-state index contributed by atoms with van der Waals surface area (Å²) >= 11 is 0. The third-order valence-corrected chi connectivity index (χ3v) is 2.83. The third-order valence-electron chi connectivity index (χ3n) is 2.83. The fourth-order valence-electron chi connectivity index (χ4n) is 1.78. The van der Waals surface area contributed by atoms with Crippen molar-refractivity contribution in [2.45, 2.75) is 33.7 Å². The lowest BCUT2D eigenvalue weighted by Crippen LogP contribution is -2.10. The first-order valence-corrected chi connectivity index (χ1v) is 6.42. The Hall–Kier alpha value is -1.57. The summed E-state index contributed by atoms with van der Waals surface area (Å²) in [6.45, 7) is 7.57. The van der Waals surface area contributed by atoms with Gasteiger partial charge in [0.1, 0.15) is 0 Å². The Morgan fingerprint density at radius 3 is 2.56 bits per heavy atom. The van der Waals surface area contributed by atoms with E-state index in [2.05, 4.69) is 67.2 Å². The summed E-state index contributed by atoms with van der Waals surface area (Å²) in [7, 11) is 0. The quantitative estimate of drug-likeness (QED) is 0.797. The molecule has 1 radical (unpaired) electrons. The van der Waals surface area contributed by atoms with Gasteiger partial charge in [0.15, 0.2) is 0 Å². The van der Waals surface area contributed by atoms with Gasteiger partial charge in [-0.05, 0) is 17.4 Å². The summed E-state index contributed by atoms with van der Waals surface area (Å²) in [6, 6.07) is 10.5. The van der Waals surface area contributed by atoms with E-state index in [1.807, 2.05) is 12.4 Å². The third kappa shape index (κ3) is 4.02. The van der Waals surface area contributed by atoms with Gasteiger partial charge in [-0.2, -0.15) is 0 Å². The van der Waals surface area contributed by atoms with Crippen molar-refractivity contribution in [3.63, 3.8) is 0 Å². The van der Waals surface area contributed by atoms with Crippen LogP contribution in [0.3, 0.4) is 0 Å². The molecule has 0 bridgehead atoms. The van der Waals surface area contributed by atoms with Gasteiger partial charge in [-0.15, -0.1) is 0 Å². The van der Waals surface area contributed by atoms with Gasteiger partial charge in [-0.3, -0.25) is 0 Å². The van der Waals surface area contributed by atoms with E-state index >= 15 is 0 Å². The first-order chi connectivity index (χ1) is 8.53. The number of hydrogen-bond donors (Lipinski definition) is 0. The van der Waals surface area contributed by atoms with Crippen LogP contribution in [0.15, 0.2) is 42.9 Å². The van der Waals surface area contributed by atoms with E-state index in [0.717, 1.165) is 18.7 Å². The summed E-state index contributed by atoms with van der Waals surface area (Å²) in [4.78, 5) is 4.46. The molecule has 0 aliphatic heterocycles. The molecule has 0 amide bonds. The molecule has 1 aromatic heterocycles. The lowest BCUT2D eigenvalue weighted by molar-refractivity contribution is 0.459. The Balaban J connectivity index is 1.94.